The molecule has 3 nitrogen and oxygen atoms in total. The predicted molar refractivity (Wildman–Crippen MR) is 51.5 cm³/mol. The summed E-state index contributed by atoms with van der Waals surface area (Å²) in [4.78, 5) is 13.8. The fraction of sp³-hybridized carbons (Fsp3) is 0.909. The zero-order valence-electron chi connectivity index (χ0n) is 8.82. The van der Waals surface area contributed by atoms with E-state index in [1.165, 1.54) is 12.8 Å². The van der Waals surface area contributed by atoms with Crippen molar-refractivity contribution in [1.82, 2.24) is 4.90 Å². The predicted octanol–water partition coefficient (Wildman–Crippen LogP) is 1.38. The molecule has 2 heterocycles. The van der Waals surface area contributed by atoms with Gasteiger partial charge in [-0.05, 0) is 38.5 Å². The molecule has 1 saturated carbocycles. The average molecular weight is 195 g/mol. The second-order valence-electron chi connectivity index (χ2n) is 5.29. The third kappa shape index (κ3) is 1.05. The van der Waals surface area contributed by atoms with Crippen LogP contribution in [0.4, 0.5) is 0 Å². The van der Waals surface area contributed by atoms with Crippen LogP contribution in [0.25, 0.3) is 0 Å². The number of carbonyl (C=O) groups is 1. The summed E-state index contributed by atoms with van der Waals surface area (Å²) in [7, 11) is 0. The van der Waals surface area contributed by atoms with Crippen molar-refractivity contribution in [3.8, 4) is 0 Å². The molecule has 1 unspecified atom stereocenters. The van der Waals surface area contributed by atoms with Crippen LogP contribution in [0.1, 0.15) is 33.1 Å². The van der Waals surface area contributed by atoms with Crippen LogP contribution >= 0.6 is 0 Å². The quantitative estimate of drug-likeness (QED) is 0.632. The molecule has 1 aliphatic carbocycles. The van der Waals surface area contributed by atoms with Crippen LogP contribution in [0, 0.1) is 11.8 Å². The maximum Gasteiger partial charge on any atom is 0.225 e. The lowest BCUT2D eigenvalue weighted by Gasteiger charge is -2.29. The highest BCUT2D eigenvalue weighted by Gasteiger charge is 2.55. The Morgan fingerprint density at radius 2 is 2.14 bits per heavy atom. The van der Waals surface area contributed by atoms with Crippen LogP contribution in [-0.2, 0) is 9.53 Å². The van der Waals surface area contributed by atoms with Crippen molar-refractivity contribution in [2.24, 2.45) is 11.8 Å². The van der Waals surface area contributed by atoms with E-state index in [9.17, 15) is 4.79 Å². The summed E-state index contributed by atoms with van der Waals surface area (Å²) >= 11 is 0. The summed E-state index contributed by atoms with van der Waals surface area (Å²) in [5.41, 5.74) is -0.356. The van der Waals surface area contributed by atoms with Crippen LogP contribution in [0.3, 0.4) is 0 Å². The molecule has 0 aromatic rings. The highest BCUT2D eigenvalue weighted by atomic mass is 16.5. The molecule has 0 spiro atoms. The molecular formula is C11H17NO2. The van der Waals surface area contributed by atoms with Gasteiger partial charge in [0.15, 0.2) is 0 Å². The smallest absolute Gasteiger partial charge is 0.225 e. The minimum Gasteiger partial charge on any atom is -0.354 e. The topological polar surface area (TPSA) is 29.5 Å². The van der Waals surface area contributed by atoms with Gasteiger partial charge in [0.2, 0.25) is 5.91 Å². The standard InChI is InChI=1S/C11H17NO2/c1-11(2)12-9(6-14-11)8(5-10(12)13)7-3-4-7/h7-9H,3-6H2,1-2H3/t8?,9-/m1/s1. The van der Waals surface area contributed by atoms with Crippen LogP contribution in [-0.4, -0.2) is 29.2 Å². The van der Waals surface area contributed by atoms with Crippen molar-refractivity contribution < 1.29 is 9.53 Å². The second-order valence-corrected chi connectivity index (χ2v) is 5.29. The van der Waals surface area contributed by atoms with Crippen molar-refractivity contribution in [1.29, 1.82) is 0 Å². The lowest BCUT2D eigenvalue weighted by Crippen LogP contribution is -2.44. The first-order valence-electron chi connectivity index (χ1n) is 5.56. The fourth-order valence-corrected chi connectivity index (χ4v) is 3.07. The van der Waals surface area contributed by atoms with Gasteiger partial charge in [0.05, 0.1) is 12.6 Å². The first kappa shape index (κ1) is 8.72. The van der Waals surface area contributed by atoms with Crippen LogP contribution in [0.2, 0.25) is 0 Å². The summed E-state index contributed by atoms with van der Waals surface area (Å²) in [5, 5.41) is 0. The highest BCUT2D eigenvalue weighted by molar-refractivity contribution is 5.80. The van der Waals surface area contributed by atoms with Crippen LogP contribution < -0.4 is 0 Å². The molecule has 2 saturated heterocycles. The highest BCUT2D eigenvalue weighted by Crippen LogP contribution is 2.49. The Bertz CT molecular complexity index is 283. The van der Waals surface area contributed by atoms with Crippen molar-refractivity contribution in [3.63, 3.8) is 0 Å². The van der Waals surface area contributed by atoms with E-state index in [2.05, 4.69) is 0 Å². The van der Waals surface area contributed by atoms with E-state index in [0.29, 0.717) is 17.9 Å². The summed E-state index contributed by atoms with van der Waals surface area (Å²) in [6.45, 7) is 4.75. The molecule has 3 rings (SSSR count). The van der Waals surface area contributed by atoms with E-state index < -0.39 is 0 Å². The zero-order valence-corrected chi connectivity index (χ0v) is 8.82. The number of rotatable bonds is 1. The van der Waals surface area contributed by atoms with E-state index in [4.69, 9.17) is 4.74 Å². The van der Waals surface area contributed by atoms with Crippen LogP contribution in [0.5, 0.6) is 0 Å². The normalized spacial score (nSPS) is 40.4. The Hall–Kier alpha value is -0.570. The lowest BCUT2D eigenvalue weighted by molar-refractivity contribution is -0.141. The Labute approximate surface area is 84.4 Å². The molecule has 0 aromatic carbocycles. The molecule has 78 valence electrons. The van der Waals surface area contributed by atoms with Crippen molar-refractivity contribution in [2.75, 3.05) is 6.61 Å². The first-order valence-corrected chi connectivity index (χ1v) is 5.56. The number of hydrogen-bond donors (Lipinski definition) is 0. The largest absolute Gasteiger partial charge is 0.354 e. The summed E-state index contributed by atoms with van der Waals surface area (Å²) < 4.78 is 5.69. The van der Waals surface area contributed by atoms with Gasteiger partial charge in [0.25, 0.3) is 0 Å². The van der Waals surface area contributed by atoms with Crippen molar-refractivity contribution in [3.05, 3.63) is 0 Å². The maximum absolute atomic E-state index is 11.9. The molecule has 0 N–H and O–H groups in total. The van der Waals surface area contributed by atoms with Gasteiger partial charge in [-0.25, -0.2) is 0 Å². The third-order valence-corrected chi connectivity index (χ3v) is 3.92. The molecule has 3 heteroatoms. The first-order chi connectivity index (χ1) is 6.59. The fourth-order valence-electron chi connectivity index (χ4n) is 3.07. The van der Waals surface area contributed by atoms with Gasteiger partial charge < -0.3 is 9.64 Å². The van der Waals surface area contributed by atoms with E-state index in [0.717, 1.165) is 18.9 Å². The minimum atomic E-state index is -0.356. The molecule has 3 aliphatic rings. The molecule has 2 atom stereocenters. The monoisotopic (exact) mass is 195 g/mol. The van der Waals surface area contributed by atoms with Gasteiger partial charge in [0, 0.05) is 6.42 Å². The summed E-state index contributed by atoms with van der Waals surface area (Å²) in [6.07, 6.45) is 3.41. The molecule has 3 fully saturated rings. The number of hydrogen-bond acceptors (Lipinski definition) is 2. The number of ether oxygens (including phenoxy) is 1. The Morgan fingerprint density at radius 3 is 2.79 bits per heavy atom. The average Bonchev–Trinajstić information content (AvgIpc) is 2.81. The molecule has 1 amide bonds. The van der Waals surface area contributed by atoms with Gasteiger partial charge >= 0.3 is 0 Å². The number of fused-ring (bicyclic) bond motifs is 1. The third-order valence-electron chi connectivity index (χ3n) is 3.92. The summed E-state index contributed by atoms with van der Waals surface area (Å²) in [5.74, 6) is 1.70. The van der Waals surface area contributed by atoms with E-state index >= 15 is 0 Å². The van der Waals surface area contributed by atoms with E-state index in [-0.39, 0.29) is 5.72 Å². The molecule has 0 radical (unpaired) electrons. The summed E-state index contributed by atoms with van der Waals surface area (Å²) in [6, 6.07) is 0.380. The Morgan fingerprint density at radius 1 is 1.43 bits per heavy atom. The van der Waals surface area contributed by atoms with Crippen molar-refractivity contribution in [2.45, 2.75) is 44.9 Å². The van der Waals surface area contributed by atoms with Gasteiger partial charge in [-0.1, -0.05) is 0 Å². The zero-order chi connectivity index (χ0) is 9.92. The second kappa shape index (κ2) is 2.51. The lowest BCUT2D eigenvalue weighted by atomic mass is 9.96. The number of amides is 1. The van der Waals surface area contributed by atoms with Gasteiger partial charge in [-0.3, -0.25) is 4.79 Å². The van der Waals surface area contributed by atoms with Gasteiger partial charge in [-0.15, -0.1) is 0 Å². The minimum absolute atomic E-state index is 0.300. The Balaban J connectivity index is 1.88. The van der Waals surface area contributed by atoms with Crippen molar-refractivity contribution >= 4 is 5.91 Å². The molecule has 0 bridgehead atoms. The molecule has 14 heavy (non-hydrogen) atoms. The Kier molecular flexibility index (Phi) is 1.56. The van der Waals surface area contributed by atoms with Crippen LogP contribution in [0.15, 0.2) is 0 Å². The number of carbonyl (C=O) groups excluding carboxylic acids is 1. The number of nitrogens with zero attached hydrogens (tertiary/aromatic N) is 1. The maximum atomic E-state index is 11.9. The van der Waals surface area contributed by atoms with E-state index in [1.54, 1.807) is 0 Å². The molecule has 2 aliphatic heterocycles. The molecular weight excluding hydrogens is 178 g/mol. The molecule has 0 aromatic heterocycles. The van der Waals surface area contributed by atoms with Gasteiger partial charge in [-0.2, -0.15) is 0 Å². The van der Waals surface area contributed by atoms with Gasteiger partial charge in [0.1, 0.15) is 5.72 Å². The SMILES string of the molecule is CC1(C)OC[C@@H]2C(C3CC3)CC(=O)N21. The van der Waals surface area contributed by atoms with E-state index in [1.807, 2.05) is 18.7 Å².